The first-order valence-electron chi connectivity index (χ1n) is 19.4. The zero-order valence-electron chi connectivity index (χ0n) is 32.4. The summed E-state index contributed by atoms with van der Waals surface area (Å²) in [6.45, 7) is 7.06. The van der Waals surface area contributed by atoms with Crippen LogP contribution in [0.3, 0.4) is 0 Å². The molecule has 56 heavy (non-hydrogen) atoms. The van der Waals surface area contributed by atoms with E-state index in [1.54, 1.807) is 18.9 Å². The first kappa shape index (κ1) is 41.0. The number of rotatable bonds is 17. The third-order valence-corrected chi connectivity index (χ3v) is 12.3. The number of carbonyl (C=O) groups excluding carboxylic acids is 3. The summed E-state index contributed by atoms with van der Waals surface area (Å²) < 4.78 is 13.5. The van der Waals surface area contributed by atoms with Gasteiger partial charge in [-0.15, -0.1) is 11.8 Å². The Hall–Kier alpha value is -4.68. The molecule has 304 valence electrons. The number of carboxylic acid groups (broad SMARTS) is 1. The Bertz CT molecular complexity index is 1870. The second kappa shape index (κ2) is 18.5. The van der Waals surface area contributed by atoms with Crippen molar-refractivity contribution in [3.63, 3.8) is 0 Å². The number of aliphatic carboxylic acids is 1. The second-order valence-electron chi connectivity index (χ2n) is 14.9. The predicted molar refractivity (Wildman–Crippen MR) is 212 cm³/mol. The summed E-state index contributed by atoms with van der Waals surface area (Å²) >= 11 is 1.13. The lowest BCUT2D eigenvalue weighted by Crippen LogP contribution is -2.50. The molecule has 6 rings (SSSR count). The number of fused-ring (bicyclic) bond motifs is 1. The fourth-order valence-electron chi connectivity index (χ4n) is 7.77. The number of nitrogen functional groups attached to an aromatic ring is 1. The van der Waals surface area contributed by atoms with Crippen molar-refractivity contribution in [2.24, 2.45) is 17.6 Å². The van der Waals surface area contributed by atoms with Crippen LogP contribution in [0.2, 0.25) is 0 Å². The summed E-state index contributed by atoms with van der Waals surface area (Å²) in [7, 11) is 3.29. The Morgan fingerprint density at radius 1 is 1.04 bits per heavy atom. The Morgan fingerprint density at radius 3 is 2.38 bits per heavy atom. The van der Waals surface area contributed by atoms with Gasteiger partial charge in [0, 0.05) is 63.9 Å². The van der Waals surface area contributed by atoms with Gasteiger partial charge in [-0.3, -0.25) is 33.7 Å². The highest BCUT2D eigenvalue weighted by Crippen LogP contribution is 2.35. The summed E-state index contributed by atoms with van der Waals surface area (Å²) in [5.41, 5.74) is 14.8. The molecule has 3 amide bonds. The van der Waals surface area contributed by atoms with E-state index >= 15 is 0 Å². The molecule has 2 aromatic heterocycles. The predicted octanol–water partition coefficient (Wildman–Crippen LogP) is 2.41. The van der Waals surface area contributed by atoms with Gasteiger partial charge < -0.3 is 36.3 Å². The minimum atomic E-state index is -1.13. The van der Waals surface area contributed by atoms with Crippen molar-refractivity contribution >= 4 is 58.3 Å². The first-order valence-corrected chi connectivity index (χ1v) is 20.5. The average molecular weight is 795 g/mol. The van der Waals surface area contributed by atoms with Crippen molar-refractivity contribution in [2.75, 3.05) is 70.3 Å². The van der Waals surface area contributed by atoms with Crippen molar-refractivity contribution in [1.82, 2.24) is 34.4 Å². The summed E-state index contributed by atoms with van der Waals surface area (Å²) in [5, 5.41) is 16.5. The topological polar surface area (TPSA) is 224 Å². The van der Waals surface area contributed by atoms with E-state index in [9.17, 15) is 19.2 Å². The monoisotopic (exact) mass is 794 g/mol. The zero-order valence-corrected chi connectivity index (χ0v) is 33.3. The number of benzene rings is 1. The first-order chi connectivity index (χ1) is 27.0. The number of hydrogen-bond donors (Lipinski definition) is 4. The number of piperazine rings is 1. The van der Waals surface area contributed by atoms with Crippen molar-refractivity contribution in [2.45, 2.75) is 76.3 Å². The maximum atomic E-state index is 13.6. The third-order valence-electron chi connectivity index (χ3n) is 11.0. The molecular formula is C38H54N10O7S. The lowest BCUT2D eigenvalue weighted by atomic mass is 9.81. The molecule has 17 nitrogen and oxygen atoms in total. The zero-order chi connectivity index (χ0) is 39.9. The van der Waals surface area contributed by atoms with Gasteiger partial charge in [0.05, 0.1) is 37.8 Å². The Labute approximate surface area is 330 Å². The van der Waals surface area contributed by atoms with Crippen LogP contribution in [0.4, 0.5) is 11.8 Å². The number of thioether (sulfide) groups is 1. The Morgan fingerprint density at radius 2 is 1.73 bits per heavy atom. The Kier molecular flexibility index (Phi) is 13.5. The fraction of sp³-hybridized carbons (Fsp3) is 0.605. The van der Waals surface area contributed by atoms with E-state index in [1.165, 1.54) is 4.90 Å². The third kappa shape index (κ3) is 9.64. The van der Waals surface area contributed by atoms with E-state index in [0.29, 0.717) is 61.1 Å². The molecule has 0 spiro atoms. The molecule has 2 saturated heterocycles. The van der Waals surface area contributed by atoms with Crippen LogP contribution in [0.25, 0.3) is 11.0 Å². The SMILES string of the molecule is CCCCNc1nc(N)nc2cn(Cc3c(OC)cc(CN4CCN(C(=O)C5CCC(CN6C(=O)CC(SC[C@@H](N)C(=O)O)C6=O)CC5)CC4)cc3OC)nc12. The number of amides is 3. The van der Waals surface area contributed by atoms with Crippen LogP contribution in [0.5, 0.6) is 11.5 Å². The highest BCUT2D eigenvalue weighted by Gasteiger charge is 2.41. The minimum Gasteiger partial charge on any atom is -0.496 e. The maximum absolute atomic E-state index is 13.6. The van der Waals surface area contributed by atoms with Gasteiger partial charge in [-0.05, 0) is 55.7 Å². The van der Waals surface area contributed by atoms with E-state index in [1.807, 2.05) is 23.2 Å². The van der Waals surface area contributed by atoms with Gasteiger partial charge in [0.1, 0.15) is 23.1 Å². The van der Waals surface area contributed by atoms with E-state index < -0.39 is 17.3 Å². The molecular weight excluding hydrogens is 741 g/mol. The van der Waals surface area contributed by atoms with Gasteiger partial charge in [-0.1, -0.05) is 13.3 Å². The molecule has 1 aromatic carbocycles. The summed E-state index contributed by atoms with van der Waals surface area (Å²) in [6.07, 6.45) is 6.95. The molecule has 6 N–H and O–H groups in total. The van der Waals surface area contributed by atoms with Crippen LogP contribution in [0, 0.1) is 11.8 Å². The fourth-order valence-corrected chi connectivity index (χ4v) is 8.88. The van der Waals surface area contributed by atoms with Crippen LogP contribution in [0.1, 0.15) is 63.0 Å². The largest absolute Gasteiger partial charge is 0.496 e. The average Bonchev–Trinajstić information content (AvgIpc) is 3.72. The molecule has 2 aliphatic heterocycles. The summed E-state index contributed by atoms with van der Waals surface area (Å²) in [5.74, 6) is 0.883. The number of hydrogen-bond acceptors (Lipinski definition) is 14. The van der Waals surface area contributed by atoms with Crippen molar-refractivity contribution < 1.29 is 33.8 Å². The highest BCUT2D eigenvalue weighted by molar-refractivity contribution is 8.00. The Balaban J connectivity index is 0.989. The number of nitrogens with two attached hydrogens (primary N) is 2. The van der Waals surface area contributed by atoms with E-state index in [4.69, 9.17) is 31.1 Å². The van der Waals surface area contributed by atoms with Crippen molar-refractivity contribution in [1.29, 1.82) is 0 Å². The van der Waals surface area contributed by atoms with Gasteiger partial charge in [-0.2, -0.15) is 10.1 Å². The number of ether oxygens (including phenoxy) is 2. The van der Waals surface area contributed by atoms with Gasteiger partial charge in [0.15, 0.2) is 11.3 Å². The molecule has 1 saturated carbocycles. The van der Waals surface area contributed by atoms with E-state index in [0.717, 1.165) is 81.0 Å². The molecule has 18 heteroatoms. The standard InChI is InChI=1S/C38H54N10O7S/c1-4-5-10-41-34-33-28(42-38(40)43-34)21-47(44-33)20-26-29(54-2)15-24(16-30(26)55-3)18-45-11-13-46(14-12-45)35(50)25-8-6-23(7-9-25)19-48-32(49)17-31(36(48)51)56-22-27(39)37(52)53/h15-16,21,23,25,27,31H,4-14,17-20,22,39H2,1-3H3,(H,52,53)(H3,40,41,42,43)/t23?,25?,27-,31?/m1/s1. The number of nitrogens with one attached hydrogen (secondary N) is 1. The highest BCUT2D eigenvalue weighted by atomic mass is 32.2. The number of nitrogens with zero attached hydrogens (tertiary/aromatic N) is 7. The van der Waals surface area contributed by atoms with Gasteiger partial charge in [0.25, 0.3) is 0 Å². The van der Waals surface area contributed by atoms with Crippen molar-refractivity contribution in [3.05, 3.63) is 29.5 Å². The van der Waals surface area contributed by atoms with Gasteiger partial charge >= 0.3 is 5.97 Å². The number of anilines is 2. The maximum Gasteiger partial charge on any atom is 0.321 e. The number of carboxylic acids is 1. The van der Waals surface area contributed by atoms with Crippen molar-refractivity contribution in [3.8, 4) is 11.5 Å². The lowest BCUT2D eigenvalue weighted by molar-refractivity contribution is -0.141. The number of imide groups is 1. The molecule has 3 aromatic rings. The molecule has 0 radical (unpaired) electrons. The second-order valence-corrected chi connectivity index (χ2v) is 16.1. The normalized spacial score (nSPS) is 21.1. The molecule has 1 aliphatic carbocycles. The van der Waals surface area contributed by atoms with Crippen LogP contribution < -0.4 is 26.3 Å². The van der Waals surface area contributed by atoms with Crippen LogP contribution in [-0.4, -0.2) is 134 Å². The molecule has 3 fully saturated rings. The van der Waals surface area contributed by atoms with Crippen LogP contribution in [-0.2, 0) is 32.3 Å². The van der Waals surface area contributed by atoms with Crippen LogP contribution in [0.15, 0.2) is 18.3 Å². The number of likely N-dealkylation sites (tertiary alicyclic amines) is 1. The molecule has 4 heterocycles. The molecule has 0 bridgehead atoms. The molecule has 2 atom stereocenters. The quantitative estimate of drug-likeness (QED) is 0.114. The number of unbranched alkanes of at least 4 members (excludes halogenated alkanes) is 1. The van der Waals surface area contributed by atoms with E-state index in [-0.39, 0.29) is 47.7 Å². The molecule has 1 unspecified atom stereocenters. The smallest absolute Gasteiger partial charge is 0.321 e. The summed E-state index contributed by atoms with van der Waals surface area (Å²) in [4.78, 5) is 64.6. The number of carbonyl (C=O) groups is 4. The summed E-state index contributed by atoms with van der Waals surface area (Å²) in [6, 6.07) is 2.98. The number of aromatic nitrogens is 4. The van der Waals surface area contributed by atoms with Crippen LogP contribution >= 0.6 is 11.8 Å². The van der Waals surface area contributed by atoms with Gasteiger partial charge in [-0.25, -0.2) is 4.98 Å². The number of methoxy groups -OCH3 is 2. The lowest BCUT2D eigenvalue weighted by Gasteiger charge is -2.38. The van der Waals surface area contributed by atoms with E-state index in [2.05, 4.69) is 27.1 Å². The molecule has 3 aliphatic rings. The van der Waals surface area contributed by atoms with Gasteiger partial charge in [0.2, 0.25) is 23.7 Å². The minimum absolute atomic E-state index is 0.0645.